The largest absolute Gasteiger partial charge is 0.331 e. The van der Waals surface area contributed by atoms with E-state index in [1.807, 2.05) is 4.90 Å². The number of carbonyl (C=O) groups excluding carboxylic acids is 1. The molecule has 0 radical (unpaired) electrons. The molecule has 1 saturated heterocycles. The summed E-state index contributed by atoms with van der Waals surface area (Å²) in [7, 11) is 3.60. The van der Waals surface area contributed by atoms with Crippen LogP contribution < -0.4 is 5.32 Å². The minimum absolute atomic E-state index is 0.121. The molecule has 0 spiro atoms. The summed E-state index contributed by atoms with van der Waals surface area (Å²) < 4.78 is 0. The third kappa shape index (κ3) is 4.66. The van der Waals surface area contributed by atoms with Gasteiger partial charge in [0.15, 0.2) is 0 Å². The van der Waals surface area contributed by atoms with Crippen LogP contribution in [0, 0.1) is 12.3 Å². The first kappa shape index (κ1) is 13.9. The molecule has 0 aromatic heterocycles. The predicted molar refractivity (Wildman–Crippen MR) is 69.7 cm³/mol. The van der Waals surface area contributed by atoms with Crippen LogP contribution in [0.2, 0.25) is 0 Å². The lowest BCUT2D eigenvalue weighted by Gasteiger charge is -2.34. The van der Waals surface area contributed by atoms with Crippen molar-refractivity contribution in [1.82, 2.24) is 15.1 Å². The first-order valence-corrected chi connectivity index (χ1v) is 6.28. The number of hydrogen-bond donors (Lipinski definition) is 1. The number of terminal acetylenes is 1. The molecule has 1 aliphatic rings. The SMILES string of the molecule is C#CCCCNC1CCN(C(=O)N(C)C)CC1. The summed E-state index contributed by atoms with van der Waals surface area (Å²) in [6.45, 7) is 2.68. The van der Waals surface area contributed by atoms with Gasteiger partial charge in [-0.3, -0.25) is 0 Å². The van der Waals surface area contributed by atoms with Crippen molar-refractivity contribution in [3.05, 3.63) is 0 Å². The standard InChI is InChI=1S/C13H23N3O/c1-4-5-6-9-14-12-7-10-16(11-8-12)13(17)15(2)3/h1,12,14H,5-11H2,2-3H3. The van der Waals surface area contributed by atoms with E-state index in [0.29, 0.717) is 6.04 Å². The van der Waals surface area contributed by atoms with E-state index in [1.165, 1.54) is 0 Å². The number of rotatable bonds is 4. The van der Waals surface area contributed by atoms with Crippen LogP contribution in [0.25, 0.3) is 0 Å². The van der Waals surface area contributed by atoms with Gasteiger partial charge in [0.05, 0.1) is 0 Å². The number of piperidine rings is 1. The van der Waals surface area contributed by atoms with E-state index >= 15 is 0 Å². The molecule has 1 N–H and O–H groups in total. The summed E-state index contributed by atoms with van der Waals surface area (Å²) in [4.78, 5) is 15.3. The van der Waals surface area contributed by atoms with Crippen molar-refractivity contribution in [3.8, 4) is 12.3 Å². The Kier molecular flexibility index (Phi) is 5.85. The monoisotopic (exact) mass is 237 g/mol. The van der Waals surface area contributed by atoms with E-state index in [4.69, 9.17) is 6.42 Å². The predicted octanol–water partition coefficient (Wildman–Crippen LogP) is 1.14. The quantitative estimate of drug-likeness (QED) is 0.588. The maximum Gasteiger partial charge on any atom is 0.319 e. The second kappa shape index (κ2) is 7.18. The summed E-state index contributed by atoms with van der Waals surface area (Å²) in [5, 5.41) is 3.50. The highest BCUT2D eigenvalue weighted by Gasteiger charge is 2.22. The maximum atomic E-state index is 11.7. The lowest BCUT2D eigenvalue weighted by atomic mass is 10.1. The molecule has 1 fully saturated rings. The van der Waals surface area contributed by atoms with E-state index < -0.39 is 0 Å². The highest BCUT2D eigenvalue weighted by Crippen LogP contribution is 2.11. The number of urea groups is 1. The number of nitrogens with zero attached hydrogens (tertiary/aromatic N) is 2. The van der Waals surface area contributed by atoms with E-state index in [-0.39, 0.29) is 6.03 Å². The average molecular weight is 237 g/mol. The highest BCUT2D eigenvalue weighted by molar-refractivity contribution is 5.73. The summed E-state index contributed by atoms with van der Waals surface area (Å²) in [6, 6.07) is 0.662. The van der Waals surface area contributed by atoms with Crippen LogP contribution in [-0.2, 0) is 0 Å². The molecule has 17 heavy (non-hydrogen) atoms. The molecule has 1 aliphatic heterocycles. The van der Waals surface area contributed by atoms with Gasteiger partial charge in [-0.1, -0.05) is 0 Å². The first-order chi connectivity index (χ1) is 8.15. The molecule has 0 atom stereocenters. The van der Waals surface area contributed by atoms with Crippen molar-refractivity contribution >= 4 is 6.03 Å². The first-order valence-electron chi connectivity index (χ1n) is 6.28. The maximum absolute atomic E-state index is 11.7. The molecule has 0 saturated carbocycles. The molecule has 0 unspecified atom stereocenters. The molecule has 0 aromatic carbocycles. The Morgan fingerprint density at radius 1 is 1.47 bits per heavy atom. The summed E-state index contributed by atoms with van der Waals surface area (Å²) in [5.41, 5.74) is 0. The van der Waals surface area contributed by atoms with E-state index in [9.17, 15) is 4.79 Å². The van der Waals surface area contributed by atoms with Gasteiger partial charge in [0.2, 0.25) is 0 Å². The number of amides is 2. The molecule has 0 bridgehead atoms. The molecular weight excluding hydrogens is 214 g/mol. The number of nitrogens with one attached hydrogen (secondary N) is 1. The van der Waals surface area contributed by atoms with Gasteiger partial charge in [-0.15, -0.1) is 12.3 Å². The van der Waals surface area contributed by atoms with Gasteiger partial charge < -0.3 is 15.1 Å². The lowest BCUT2D eigenvalue weighted by Crippen LogP contribution is -2.48. The summed E-state index contributed by atoms with van der Waals surface area (Å²) >= 11 is 0. The number of hydrogen-bond acceptors (Lipinski definition) is 2. The Bertz CT molecular complexity index is 275. The zero-order valence-corrected chi connectivity index (χ0v) is 10.9. The van der Waals surface area contributed by atoms with Crippen LogP contribution in [0.1, 0.15) is 25.7 Å². The van der Waals surface area contributed by atoms with Gasteiger partial charge in [-0.05, 0) is 25.8 Å². The topological polar surface area (TPSA) is 35.6 Å². The third-order valence-electron chi connectivity index (χ3n) is 3.08. The van der Waals surface area contributed by atoms with Crippen molar-refractivity contribution in [2.24, 2.45) is 0 Å². The van der Waals surface area contributed by atoms with Gasteiger partial charge >= 0.3 is 6.03 Å². The summed E-state index contributed by atoms with van der Waals surface area (Å²) in [5.74, 6) is 2.64. The molecule has 96 valence electrons. The van der Waals surface area contributed by atoms with E-state index in [1.54, 1.807) is 19.0 Å². The molecule has 4 nitrogen and oxygen atoms in total. The van der Waals surface area contributed by atoms with E-state index in [2.05, 4.69) is 11.2 Å². The van der Waals surface area contributed by atoms with Crippen LogP contribution in [0.3, 0.4) is 0 Å². The zero-order chi connectivity index (χ0) is 12.7. The van der Waals surface area contributed by atoms with Crippen molar-refractivity contribution in [3.63, 3.8) is 0 Å². The van der Waals surface area contributed by atoms with Gasteiger partial charge in [0.25, 0.3) is 0 Å². The lowest BCUT2D eigenvalue weighted by molar-refractivity contribution is 0.152. The Hall–Kier alpha value is -1.21. The van der Waals surface area contributed by atoms with Crippen molar-refractivity contribution in [1.29, 1.82) is 0 Å². The van der Waals surface area contributed by atoms with Gasteiger partial charge in [-0.2, -0.15) is 0 Å². The molecule has 2 amide bonds. The molecule has 0 aromatic rings. The Morgan fingerprint density at radius 2 is 2.12 bits per heavy atom. The zero-order valence-electron chi connectivity index (χ0n) is 10.9. The van der Waals surface area contributed by atoms with Crippen molar-refractivity contribution in [2.75, 3.05) is 33.7 Å². The third-order valence-corrected chi connectivity index (χ3v) is 3.08. The van der Waals surface area contributed by atoms with Crippen molar-refractivity contribution < 1.29 is 4.79 Å². The minimum Gasteiger partial charge on any atom is -0.331 e. The number of unbranched alkanes of at least 4 members (excludes halogenated alkanes) is 1. The highest BCUT2D eigenvalue weighted by atomic mass is 16.2. The van der Waals surface area contributed by atoms with Gasteiger partial charge in [0, 0.05) is 39.6 Å². The van der Waals surface area contributed by atoms with E-state index in [0.717, 1.165) is 45.3 Å². The fourth-order valence-electron chi connectivity index (χ4n) is 2.05. The van der Waals surface area contributed by atoms with Crippen LogP contribution in [0.15, 0.2) is 0 Å². The Morgan fingerprint density at radius 3 is 2.65 bits per heavy atom. The molecule has 0 aliphatic carbocycles. The number of likely N-dealkylation sites (tertiary alicyclic amines) is 1. The van der Waals surface area contributed by atoms with Crippen LogP contribution in [-0.4, -0.2) is 55.6 Å². The van der Waals surface area contributed by atoms with Gasteiger partial charge in [-0.25, -0.2) is 4.79 Å². The molecular formula is C13H23N3O. The molecule has 1 rings (SSSR count). The van der Waals surface area contributed by atoms with Crippen molar-refractivity contribution in [2.45, 2.75) is 31.7 Å². The Labute approximate surface area is 104 Å². The minimum atomic E-state index is 0.121. The average Bonchev–Trinajstić information content (AvgIpc) is 2.34. The smallest absolute Gasteiger partial charge is 0.319 e. The number of carbonyl (C=O) groups is 1. The fourth-order valence-corrected chi connectivity index (χ4v) is 2.05. The summed E-state index contributed by atoms with van der Waals surface area (Å²) in [6.07, 6.45) is 9.15. The molecule has 4 heteroatoms. The van der Waals surface area contributed by atoms with Crippen LogP contribution >= 0.6 is 0 Å². The Balaban J connectivity index is 2.18. The fraction of sp³-hybridized carbons (Fsp3) is 0.769. The normalized spacial score (nSPS) is 16.6. The molecule has 1 heterocycles. The second-order valence-electron chi connectivity index (χ2n) is 4.70. The van der Waals surface area contributed by atoms with Crippen LogP contribution in [0.5, 0.6) is 0 Å². The van der Waals surface area contributed by atoms with Crippen LogP contribution in [0.4, 0.5) is 4.79 Å². The van der Waals surface area contributed by atoms with Gasteiger partial charge in [0.1, 0.15) is 0 Å². The second-order valence-corrected chi connectivity index (χ2v) is 4.70.